The Labute approximate surface area is 92.5 Å². The summed E-state index contributed by atoms with van der Waals surface area (Å²) in [7, 11) is 0. The molecule has 0 aromatic heterocycles. The van der Waals surface area contributed by atoms with Crippen molar-refractivity contribution in [1.29, 1.82) is 0 Å². The SMILES string of the molecule is OCCOOc1cccc(O)c1OCCO. The number of benzene rings is 1. The molecule has 0 unspecified atom stereocenters. The van der Waals surface area contributed by atoms with Gasteiger partial charge in [0, 0.05) is 0 Å². The van der Waals surface area contributed by atoms with Crippen molar-refractivity contribution in [3.63, 3.8) is 0 Å². The van der Waals surface area contributed by atoms with E-state index in [1.165, 1.54) is 12.1 Å². The molecule has 0 amide bonds. The van der Waals surface area contributed by atoms with Crippen LogP contribution >= 0.6 is 0 Å². The van der Waals surface area contributed by atoms with Gasteiger partial charge in [0.05, 0.1) is 13.2 Å². The monoisotopic (exact) mass is 230 g/mol. The smallest absolute Gasteiger partial charge is 0.211 e. The third kappa shape index (κ3) is 3.58. The largest absolute Gasteiger partial charge is 0.504 e. The van der Waals surface area contributed by atoms with E-state index in [0.29, 0.717) is 0 Å². The quantitative estimate of drug-likeness (QED) is 0.349. The van der Waals surface area contributed by atoms with Gasteiger partial charge in [-0.2, -0.15) is 4.89 Å². The molecule has 0 atom stereocenters. The molecule has 0 aliphatic carbocycles. The van der Waals surface area contributed by atoms with Gasteiger partial charge in [0.2, 0.25) is 11.5 Å². The van der Waals surface area contributed by atoms with Crippen LogP contribution in [0, 0.1) is 0 Å². The Kier molecular flexibility index (Phi) is 5.41. The second-order valence-corrected chi connectivity index (χ2v) is 2.81. The highest BCUT2D eigenvalue weighted by Gasteiger charge is 2.11. The fraction of sp³-hybridized carbons (Fsp3) is 0.400. The lowest BCUT2D eigenvalue weighted by atomic mass is 10.3. The maximum atomic E-state index is 9.48. The molecule has 3 N–H and O–H groups in total. The van der Waals surface area contributed by atoms with Gasteiger partial charge in [-0.05, 0) is 12.1 Å². The second-order valence-electron chi connectivity index (χ2n) is 2.81. The summed E-state index contributed by atoms with van der Waals surface area (Å²) < 4.78 is 5.08. The minimum atomic E-state index is -0.175. The zero-order valence-corrected chi connectivity index (χ0v) is 8.63. The van der Waals surface area contributed by atoms with Crippen molar-refractivity contribution in [1.82, 2.24) is 0 Å². The first kappa shape index (κ1) is 12.6. The Hall–Kier alpha value is -1.50. The maximum Gasteiger partial charge on any atom is 0.211 e. The summed E-state index contributed by atoms with van der Waals surface area (Å²) in [6.45, 7) is -0.306. The van der Waals surface area contributed by atoms with Gasteiger partial charge in [-0.1, -0.05) is 6.07 Å². The molecule has 0 aliphatic rings. The summed E-state index contributed by atoms with van der Waals surface area (Å²) in [6, 6.07) is 4.51. The Morgan fingerprint density at radius 3 is 2.50 bits per heavy atom. The molecule has 1 aromatic rings. The fourth-order valence-electron chi connectivity index (χ4n) is 1.01. The van der Waals surface area contributed by atoms with Crippen molar-refractivity contribution >= 4 is 0 Å². The summed E-state index contributed by atoms with van der Waals surface area (Å²) >= 11 is 0. The van der Waals surface area contributed by atoms with Crippen molar-refractivity contribution < 1.29 is 29.8 Å². The summed E-state index contributed by atoms with van der Waals surface area (Å²) in [5.74, 6) is 0.162. The molecule has 0 radical (unpaired) electrons. The van der Waals surface area contributed by atoms with Crippen LogP contribution in [-0.4, -0.2) is 41.7 Å². The van der Waals surface area contributed by atoms with E-state index in [4.69, 9.17) is 19.8 Å². The molecule has 1 aromatic carbocycles. The van der Waals surface area contributed by atoms with E-state index in [9.17, 15) is 5.11 Å². The van der Waals surface area contributed by atoms with Crippen LogP contribution in [0.25, 0.3) is 0 Å². The van der Waals surface area contributed by atoms with Gasteiger partial charge in [-0.25, -0.2) is 0 Å². The lowest BCUT2D eigenvalue weighted by Gasteiger charge is -2.11. The van der Waals surface area contributed by atoms with E-state index < -0.39 is 0 Å². The predicted molar refractivity (Wildman–Crippen MR) is 54.4 cm³/mol. The topological polar surface area (TPSA) is 88.4 Å². The molecule has 16 heavy (non-hydrogen) atoms. The van der Waals surface area contributed by atoms with Crippen LogP contribution in [0.4, 0.5) is 0 Å². The average molecular weight is 230 g/mol. The predicted octanol–water partition coefficient (Wildman–Crippen LogP) is 0.0660. The van der Waals surface area contributed by atoms with E-state index in [2.05, 4.69) is 4.89 Å². The van der Waals surface area contributed by atoms with Gasteiger partial charge < -0.3 is 24.9 Å². The van der Waals surface area contributed by atoms with Gasteiger partial charge in [-0.3, -0.25) is 0 Å². The number of para-hydroxylation sites is 1. The molecule has 0 aliphatic heterocycles. The first-order chi connectivity index (χ1) is 7.79. The van der Waals surface area contributed by atoms with Crippen LogP contribution in [-0.2, 0) is 4.89 Å². The number of ether oxygens (including phenoxy) is 1. The van der Waals surface area contributed by atoms with Gasteiger partial charge in [-0.15, -0.1) is 0 Å². The molecule has 0 bridgehead atoms. The Morgan fingerprint density at radius 1 is 1.06 bits per heavy atom. The molecule has 6 nitrogen and oxygen atoms in total. The highest BCUT2D eigenvalue weighted by molar-refractivity contribution is 5.49. The first-order valence-corrected chi connectivity index (χ1v) is 4.75. The molecule has 6 heteroatoms. The minimum absolute atomic E-state index is 0.00902. The van der Waals surface area contributed by atoms with Crippen molar-refractivity contribution in [3.8, 4) is 17.2 Å². The summed E-state index contributed by atoms with van der Waals surface area (Å²) in [5.41, 5.74) is 0. The highest BCUT2D eigenvalue weighted by Crippen LogP contribution is 2.36. The number of phenols is 1. The van der Waals surface area contributed by atoms with Crippen LogP contribution in [0.1, 0.15) is 0 Å². The molecule has 90 valence electrons. The van der Waals surface area contributed by atoms with E-state index >= 15 is 0 Å². The first-order valence-electron chi connectivity index (χ1n) is 4.75. The summed E-state index contributed by atoms with van der Waals surface area (Å²) in [4.78, 5) is 9.47. The van der Waals surface area contributed by atoms with Gasteiger partial charge in [0.25, 0.3) is 0 Å². The number of hydrogen-bond acceptors (Lipinski definition) is 6. The van der Waals surface area contributed by atoms with E-state index in [-0.39, 0.29) is 43.7 Å². The molecule has 0 fully saturated rings. The van der Waals surface area contributed by atoms with Gasteiger partial charge >= 0.3 is 0 Å². The third-order valence-electron chi connectivity index (χ3n) is 1.62. The van der Waals surface area contributed by atoms with Crippen LogP contribution in [0.2, 0.25) is 0 Å². The number of aromatic hydroxyl groups is 1. The zero-order chi connectivity index (χ0) is 11.8. The molecule has 0 saturated heterocycles. The minimum Gasteiger partial charge on any atom is -0.504 e. The molecule has 1 rings (SSSR count). The van der Waals surface area contributed by atoms with Gasteiger partial charge in [0.15, 0.2) is 5.75 Å². The Morgan fingerprint density at radius 2 is 1.81 bits per heavy atom. The number of aliphatic hydroxyl groups excluding tert-OH is 2. The van der Waals surface area contributed by atoms with Crippen molar-refractivity contribution in [2.45, 2.75) is 0 Å². The standard InChI is InChI=1S/C10H14O6/c11-4-6-14-10-8(13)2-1-3-9(10)16-15-7-5-12/h1-3,11-13H,4-7H2. The zero-order valence-electron chi connectivity index (χ0n) is 8.63. The number of hydrogen-bond donors (Lipinski definition) is 3. The molecule has 0 heterocycles. The molecule has 0 spiro atoms. The maximum absolute atomic E-state index is 9.48. The molecular formula is C10H14O6. The molecular weight excluding hydrogens is 216 g/mol. The Bertz CT molecular complexity index is 314. The van der Waals surface area contributed by atoms with Crippen molar-refractivity contribution in [2.24, 2.45) is 0 Å². The summed E-state index contributed by atoms with van der Waals surface area (Å²) in [6.07, 6.45) is 0. The highest BCUT2D eigenvalue weighted by atomic mass is 17.2. The van der Waals surface area contributed by atoms with Gasteiger partial charge in [0.1, 0.15) is 13.2 Å². The van der Waals surface area contributed by atoms with Crippen LogP contribution in [0.5, 0.6) is 17.2 Å². The number of aliphatic hydroxyl groups is 2. The fourth-order valence-corrected chi connectivity index (χ4v) is 1.01. The number of phenolic OH excluding ortho intramolecular Hbond substituents is 1. The molecule has 0 saturated carbocycles. The van der Waals surface area contributed by atoms with E-state index in [0.717, 1.165) is 0 Å². The second kappa shape index (κ2) is 6.89. The Balaban J connectivity index is 2.68. The van der Waals surface area contributed by atoms with Crippen LogP contribution < -0.4 is 9.62 Å². The van der Waals surface area contributed by atoms with Crippen molar-refractivity contribution in [2.75, 3.05) is 26.4 Å². The van der Waals surface area contributed by atoms with E-state index in [1.54, 1.807) is 6.07 Å². The lowest BCUT2D eigenvalue weighted by Crippen LogP contribution is -2.06. The van der Waals surface area contributed by atoms with Crippen LogP contribution in [0.15, 0.2) is 18.2 Å². The van der Waals surface area contributed by atoms with Crippen LogP contribution in [0.3, 0.4) is 0 Å². The number of rotatable bonds is 7. The third-order valence-corrected chi connectivity index (χ3v) is 1.62. The average Bonchev–Trinajstić information content (AvgIpc) is 2.28. The van der Waals surface area contributed by atoms with Crippen molar-refractivity contribution in [3.05, 3.63) is 18.2 Å². The normalized spacial score (nSPS) is 10.1. The van der Waals surface area contributed by atoms with E-state index in [1.807, 2.05) is 0 Å². The summed E-state index contributed by atoms with van der Waals surface area (Å²) in [5, 5.41) is 26.6. The lowest BCUT2D eigenvalue weighted by molar-refractivity contribution is -0.213.